The maximum Gasteiger partial charge on any atom is 0.244 e. The zero-order valence-corrected chi connectivity index (χ0v) is 18.2. The van der Waals surface area contributed by atoms with E-state index in [9.17, 15) is 9.59 Å². The van der Waals surface area contributed by atoms with Gasteiger partial charge in [-0.05, 0) is 50.6 Å². The first-order chi connectivity index (χ1) is 15.1. The van der Waals surface area contributed by atoms with Crippen LogP contribution in [0.2, 0.25) is 0 Å². The van der Waals surface area contributed by atoms with Gasteiger partial charge in [0.25, 0.3) is 0 Å². The van der Waals surface area contributed by atoms with E-state index in [1.807, 2.05) is 54.6 Å². The molecular formula is C25H31N3O3. The Kier molecular flexibility index (Phi) is 8.24. The van der Waals surface area contributed by atoms with Crippen molar-refractivity contribution >= 4 is 17.9 Å². The lowest BCUT2D eigenvalue weighted by Crippen LogP contribution is -2.46. The van der Waals surface area contributed by atoms with Crippen LogP contribution < -0.4 is 15.4 Å². The molecule has 2 unspecified atom stereocenters. The molecule has 0 spiro atoms. The van der Waals surface area contributed by atoms with E-state index < -0.39 is 6.04 Å². The summed E-state index contributed by atoms with van der Waals surface area (Å²) in [5.74, 6) is 0.314. The minimum absolute atomic E-state index is 0.0310. The Bertz CT molecular complexity index is 892. The fraction of sp³-hybridized carbons (Fsp3) is 0.360. The summed E-state index contributed by atoms with van der Waals surface area (Å²) in [5, 5.41) is 5.74. The summed E-state index contributed by atoms with van der Waals surface area (Å²) >= 11 is 0. The number of nitrogens with one attached hydrogen (secondary N) is 2. The number of nitrogens with zero attached hydrogens (tertiary/aromatic N) is 1. The molecule has 2 N–H and O–H groups in total. The molecule has 1 fully saturated rings. The molecule has 2 atom stereocenters. The summed E-state index contributed by atoms with van der Waals surface area (Å²) in [6.45, 7) is 4.14. The van der Waals surface area contributed by atoms with E-state index in [4.69, 9.17) is 4.74 Å². The highest BCUT2D eigenvalue weighted by Gasteiger charge is 2.27. The number of benzene rings is 2. The first-order valence-corrected chi connectivity index (χ1v) is 10.8. The van der Waals surface area contributed by atoms with Crippen LogP contribution in [0.4, 0.5) is 0 Å². The predicted molar refractivity (Wildman–Crippen MR) is 123 cm³/mol. The SMILES string of the molecule is COc1ccccc1C(CNC(=O)C(C)NC(=O)/C=C/c1ccccc1)N1CCCC1. The second kappa shape index (κ2) is 11.3. The lowest BCUT2D eigenvalue weighted by atomic mass is 10.0. The van der Waals surface area contributed by atoms with Crippen molar-refractivity contribution in [3.8, 4) is 5.75 Å². The number of likely N-dealkylation sites (tertiary alicyclic amines) is 1. The maximum atomic E-state index is 12.7. The molecule has 2 amide bonds. The molecule has 1 saturated heterocycles. The molecule has 1 aliphatic rings. The van der Waals surface area contributed by atoms with Crippen molar-refractivity contribution in [1.82, 2.24) is 15.5 Å². The van der Waals surface area contributed by atoms with E-state index in [2.05, 4.69) is 15.5 Å². The molecule has 2 aromatic rings. The number of amides is 2. The van der Waals surface area contributed by atoms with Gasteiger partial charge in [-0.2, -0.15) is 0 Å². The third-order valence-electron chi connectivity index (χ3n) is 5.53. The van der Waals surface area contributed by atoms with E-state index in [0.717, 1.165) is 42.8 Å². The molecular weight excluding hydrogens is 390 g/mol. The highest BCUT2D eigenvalue weighted by atomic mass is 16.5. The molecule has 0 radical (unpaired) electrons. The van der Waals surface area contributed by atoms with Crippen LogP contribution in [0.3, 0.4) is 0 Å². The standard InChI is InChI=1S/C25H31N3O3/c1-19(27-24(29)15-14-20-10-4-3-5-11-20)25(30)26-18-22(28-16-8-9-17-28)21-12-6-7-13-23(21)31-2/h3-7,10-15,19,22H,8-9,16-18H2,1-2H3,(H,26,30)(H,27,29)/b15-14+. The lowest BCUT2D eigenvalue weighted by Gasteiger charge is -2.29. The van der Waals surface area contributed by atoms with Gasteiger partial charge in [0.15, 0.2) is 0 Å². The van der Waals surface area contributed by atoms with Crippen LogP contribution in [-0.4, -0.2) is 49.5 Å². The Morgan fingerprint density at radius 1 is 1.06 bits per heavy atom. The van der Waals surface area contributed by atoms with Crippen LogP contribution in [0.25, 0.3) is 6.08 Å². The van der Waals surface area contributed by atoms with Gasteiger partial charge in [-0.1, -0.05) is 48.5 Å². The molecule has 3 rings (SSSR count). The zero-order valence-electron chi connectivity index (χ0n) is 18.2. The molecule has 1 heterocycles. The molecule has 1 aliphatic heterocycles. The van der Waals surface area contributed by atoms with Gasteiger partial charge in [-0.25, -0.2) is 0 Å². The number of hydrogen-bond donors (Lipinski definition) is 2. The predicted octanol–water partition coefficient (Wildman–Crippen LogP) is 3.17. The molecule has 0 aliphatic carbocycles. The van der Waals surface area contributed by atoms with Crippen LogP contribution in [0, 0.1) is 0 Å². The monoisotopic (exact) mass is 421 g/mol. The molecule has 31 heavy (non-hydrogen) atoms. The van der Waals surface area contributed by atoms with Gasteiger partial charge >= 0.3 is 0 Å². The third kappa shape index (κ3) is 6.43. The van der Waals surface area contributed by atoms with E-state index in [1.165, 1.54) is 6.08 Å². The minimum atomic E-state index is -0.634. The number of para-hydroxylation sites is 1. The Hall–Kier alpha value is -3.12. The second-order valence-electron chi connectivity index (χ2n) is 7.72. The van der Waals surface area contributed by atoms with Crippen molar-refractivity contribution in [2.45, 2.75) is 31.8 Å². The summed E-state index contributed by atoms with van der Waals surface area (Å²) in [5.41, 5.74) is 2.00. The summed E-state index contributed by atoms with van der Waals surface area (Å²) in [4.78, 5) is 27.2. The van der Waals surface area contributed by atoms with E-state index >= 15 is 0 Å². The van der Waals surface area contributed by atoms with Crippen LogP contribution in [-0.2, 0) is 9.59 Å². The minimum Gasteiger partial charge on any atom is -0.496 e. The second-order valence-corrected chi connectivity index (χ2v) is 7.72. The summed E-state index contributed by atoms with van der Waals surface area (Å²) in [6, 6.07) is 16.9. The largest absolute Gasteiger partial charge is 0.496 e. The average molecular weight is 422 g/mol. The zero-order chi connectivity index (χ0) is 22.1. The van der Waals surface area contributed by atoms with E-state index in [1.54, 1.807) is 20.1 Å². The van der Waals surface area contributed by atoms with Crippen molar-refractivity contribution in [1.29, 1.82) is 0 Å². The van der Waals surface area contributed by atoms with Gasteiger partial charge in [0.1, 0.15) is 11.8 Å². The Morgan fingerprint density at radius 2 is 1.74 bits per heavy atom. The van der Waals surface area contributed by atoms with Gasteiger partial charge in [-0.3, -0.25) is 14.5 Å². The van der Waals surface area contributed by atoms with Gasteiger partial charge < -0.3 is 15.4 Å². The molecule has 0 aromatic heterocycles. The fourth-order valence-electron chi connectivity index (χ4n) is 3.84. The number of methoxy groups -OCH3 is 1. The molecule has 164 valence electrons. The number of carbonyl (C=O) groups excluding carboxylic acids is 2. The highest BCUT2D eigenvalue weighted by molar-refractivity contribution is 5.95. The first kappa shape index (κ1) is 22.6. The van der Waals surface area contributed by atoms with E-state index in [-0.39, 0.29) is 17.9 Å². The third-order valence-corrected chi connectivity index (χ3v) is 5.53. The normalized spacial score (nSPS) is 16.1. The summed E-state index contributed by atoms with van der Waals surface area (Å²) in [7, 11) is 1.67. The number of carbonyl (C=O) groups is 2. The summed E-state index contributed by atoms with van der Waals surface area (Å²) < 4.78 is 5.55. The summed E-state index contributed by atoms with van der Waals surface area (Å²) in [6.07, 6.45) is 5.48. The van der Waals surface area contributed by atoms with Gasteiger partial charge in [0, 0.05) is 18.2 Å². The fourth-order valence-corrected chi connectivity index (χ4v) is 3.84. The Balaban J connectivity index is 1.58. The van der Waals surface area contributed by atoms with Crippen LogP contribution in [0.1, 0.15) is 36.9 Å². The highest BCUT2D eigenvalue weighted by Crippen LogP contribution is 2.31. The molecule has 6 heteroatoms. The van der Waals surface area contributed by atoms with Gasteiger partial charge in [0.2, 0.25) is 11.8 Å². The average Bonchev–Trinajstić information content (AvgIpc) is 3.33. The smallest absolute Gasteiger partial charge is 0.244 e. The quantitative estimate of drug-likeness (QED) is 0.610. The van der Waals surface area contributed by atoms with Crippen LogP contribution in [0.5, 0.6) is 5.75 Å². The van der Waals surface area contributed by atoms with Crippen LogP contribution in [0.15, 0.2) is 60.7 Å². The molecule has 2 aromatic carbocycles. The number of hydrogen-bond acceptors (Lipinski definition) is 4. The number of rotatable bonds is 9. The number of ether oxygens (including phenoxy) is 1. The lowest BCUT2D eigenvalue weighted by molar-refractivity contribution is -0.126. The molecule has 6 nitrogen and oxygen atoms in total. The van der Waals surface area contributed by atoms with Gasteiger partial charge in [-0.15, -0.1) is 0 Å². The van der Waals surface area contributed by atoms with E-state index in [0.29, 0.717) is 6.54 Å². The van der Waals surface area contributed by atoms with Gasteiger partial charge in [0.05, 0.1) is 13.2 Å². The first-order valence-electron chi connectivity index (χ1n) is 10.8. The maximum absolute atomic E-state index is 12.7. The van der Waals surface area contributed by atoms with Crippen molar-refractivity contribution in [2.24, 2.45) is 0 Å². The van der Waals surface area contributed by atoms with Crippen molar-refractivity contribution in [2.75, 3.05) is 26.7 Å². The molecule has 0 saturated carbocycles. The van der Waals surface area contributed by atoms with Crippen molar-refractivity contribution < 1.29 is 14.3 Å². The Morgan fingerprint density at radius 3 is 2.45 bits per heavy atom. The Labute approximate surface area is 184 Å². The van der Waals surface area contributed by atoms with Crippen molar-refractivity contribution in [3.05, 3.63) is 71.8 Å². The van der Waals surface area contributed by atoms with Crippen LogP contribution >= 0.6 is 0 Å². The topological polar surface area (TPSA) is 70.7 Å². The van der Waals surface area contributed by atoms with Crippen molar-refractivity contribution in [3.63, 3.8) is 0 Å². The molecule has 0 bridgehead atoms.